The molecule has 1 aliphatic rings. The fourth-order valence-electron chi connectivity index (χ4n) is 3.41. The van der Waals surface area contributed by atoms with Crippen LogP contribution in [0.25, 0.3) is 0 Å². The van der Waals surface area contributed by atoms with Crippen LogP contribution in [-0.4, -0.2) is 42.9 Å². The molecule has 152 valence electrons. The normalized spacial score (nSPS) is 15.9. The number of carbonyl (C=O) groups excluding carboxylic acids is 1. The molecule has 1 heterocycles. The monoisotopic (exact) mass is 502 g/mol. The Hall–Kier alpha value is -2.53. The van der Waals surface area contributed by atoms with E-state index in [2.05, 4.69) is 50.7 Å². The first kappa shape index (κ1) is 22.8. The molecular formula is C23H27IN4O. The molecule has 2 aromatic rings. The van der Waals surface area contributed by atoms with E-state index in [1.165, 1.54) is 5.56 Å². The highest BCUT2D eigenvalue weighted by Gasteiger charge is 2.26. The van der Waals surface area contributed by atoms with Gasteiger partial charge in [-0.1, -0.05) is 42.3 Å². The number of nitrogens with zero attached hydrogens (tertiary/aromatic N) is 2. The van der Waals surface area contributed by atoms with Crippen LogP contribution in [-0.2, 0) is 4.79 Å². The summed E-state index contributed by atoms with van der Waals surface area (Å²) < 4.78 is 0. The Morgan fingerprint density at radius 2 is 2.03 bits per heavy atom. The number of amides is 1. The SMILES string of the molecule is C#Cc1cccc(NC(=O)CN=C(NCC)N2CCC(c3ccccc3)C2)c1.I. The molecule has 29 heavy (non-hydrogen) atoms. The quantitative estimate of drug-likeness (QED) is 0.284. The summed E-state index contributed by atoms with van der Waals surface area (Å²) in [6.45, 7) is 4.69. The molecular weight excluding hydrogens is 475 g/mol. The third-order valence-electron chi connectivity index (χ3n) is 4.78. The molecule has 1 saturated heterocycles. The second-order valence-corrected chi connectivity index (χ2v) is 6.79. The van der Waals surface area contributed by atoms with Crippen LogP contribution in [0.15, 0.2) is 59.6 Å². The van der Waals surface area contributed by atoms with E-state index in [0.717, 1.165) is 37.6 Å². The van der Waals surface area contributed by atoms with Gasteiger partial charge in [0.1, 0.15) is 6.54 Å². The number of terminal acetylenes is 1. The van der Waals surface area contributed by atoms with Crippen molar-refractivity contribution in [3.05, 3.63) is 65.7 Å². The lowest BCUT2D eigenvalue weighted by Gasteiger charge is -2.21. The Morgan fingerprint density at radius 3 is 2.76 bits per heavy atom. The molecule has 3 rings (SSSR count). The molecule has 1 aliphatic heterocycles. The Kier molecular flexibility index (Phi) is 9.00. The number of hydrogen-bond acceptors (Lipinski definition) is 2. The molecule has 0 saturated carbocycles. The van der Waals surface area contributed by atoms with Crippen molar-refractivity contribution in [2.45, 2.75) is 19.3 Å². The summed E-state index contributed by atoms with van der Waals surface area (Å²) in [5.74, 6) is 3.68. The zero-order chi connectivity index (χ0) is 19.8. The number of guanidine groups is 1. The maximum Gasteiger partial charge on any atom is 0.246 e. The highest BCUT2D eigenvalue weighted by molar-refractivity contribution is 14.0. The summed E-state index contributed by atoms with van der Waals surface area (Å²) >= 11 is 0. The fourth-order valence-corrected chi connectivity index (χ4v) is 3.41. The number of aliphatic imine (C=N–C) groups is 1. The highest BCUT2D eigenvalue weighted by Crippen LogP contribution is 2.26. The molecule has 1 unspecified atom stereocenters. The first-order valence-electron chi connectivity index (χ1n) is 9.64. The first-order valence-corrected chi connectivity index (χ1v) is 9.64. The molecule has 0 bridgehead atoms. The number of rotatable bonds is 5. The Bertz CT molecular complexity index is 876. The largest absolute Gasteiger partial charge is 0.357 e. The number of nitrogens with one attached hydrogen (secondary N) is 2. The summed E-state index contributed by atoms with van der Waals surface area (Å²) in [7, 11) is 0. The zero-order valence-electron chi connectivity index (χ0n) is 16.6. The van der Waals surface area contributed by atoms with Crippen molar-refractivity contribution in [1.82, 2.24) is 10.2 Å². The number of hydrogen-bond donors (Lipinski definition) is 2. The lowest BCUT2D eigenvalue weighted by atomic mass is 9.99. The van der Waals surface area contributed by atoms with Gasteiger partial charge < -0.3 is 15.5 Å². The van der Waals surface area contributed by atoms with Gasteiger partial charge in [0.2, 0.25) is 5.91 Å². The smallest absolute Gasteiger partial charge is 0.246 e. The van der Waals surface area contributed by atoms with Gasteiger partial charge in [-0.2, -0.15) is 0 Å². The highest BCUT2D eigenvalue weighted by atomic mass is 127. The van der Waals surface area contributed by atoms with E-state index in [9.17, 15) is 4.79 Å². The average Bonchev–Trinajstić information content (AvgIpc) is 3.22. The Morgan fingerprint density at radius 1 is 1.24 bits per heavy atom. The van der Waals surface area contributed by atoms with Gasteiger partial charge in [-0.25, -0.2) is 4.99 Å². The number of anilines is 1. The summed E-state index contributed by atoms with van der Waals surface area (Å²) in [4.78, 5) is 19.1. The van der Waals surface area contributed by atoms with Crippen molar-refractivity contribution < 1.29 is 4.79 Å². The fraction of sp³-hybridized carbons (Fsp3) is 0.304. The second-order valence-electron chi connectivity index (χ2n) is 6.79. The third kappa shape index (κ3) is 6.50. The first-order chi connectivity index (χ1) is 13.7. The minimum absolute atomic E-state index is 0. The van der Waals surface area contributed by atoms with E-state index < -0.39 is 0 Å². The van der Waals surface area contributed by atoms with Gasteiger partial charge in [0, 0.05) is 36.8 Å². The van der Waals surface area contributed by atoms with Crippen LogP contribution in [0.5, 0.6) is 0 Å². The van der Waals surface area contributed by atoms with Crippen molar-refractivity contribution in [3.63, 3.8) is 0 Å². The van der Waals surface area contributed by atoms with Gasteiger partial charge in [-0.05, 0) is 37.1 Å². The van der Waals surface area contributed by atoms with Gasteiger partial charge in [-0.15, -0.1) is 30.4 Å². The van der Waals surface area contributed by atoms with E-state index in [1.807, 2.05) is 31.2 Å². The predicted octanol–water partition coefficient (Wildman–Crippen LogP) is 3.68. The Balaban J connectivity index is 0.00000300. The lowest BCUT2D eigenvalue weighted by Crippen LogP contribution is -2.40. The molecule has 0 spiro atoms. The lowest BCUT2D eigenvalue weighted by molar-refractivity contribution is -0.114. The van der Waals surface area contributed by atoms with Crippen molar-refractivity contribution in [2.24, 2.45) is 4.99 Å². The standard InChI is InChI=1S/C23H26N4O.HI/c1-3-18-9-8-12-21(15-18)26-22(28)16-25-23(24-4-2)27-14-13-20(17-27)19-10-6-5-7-11-19;/h1,5-12,15,20H,4,13-14,16-17H2,2H3,(H,24,25)(H,26,28);1H. The minimum atomic E-state index is -0.164. The molecule has 2 aromatic carbocycles. The summed E-state index contributed by atoms with van der Waals surface area (Å²) in [6, 6.07) is 17.8. The van der Waals surface area contributed by atoms with E-state index in [4.69, 9.17) is 6.42 Å². The summed E-state index contributed by atoms with van der Waals surface area (Å²) in [5.41, 5.74) is 2.77. The van der Waals surface area contributed by atoms with Crippen molar-refractivity contribution in [1.29, 1.82) is 0 Å². The van der Waals surface area contributed by atoms with E-state index in [1.54, 1.807) is 6.07 Å². The third-order valence-corrected chi connectivity index (χ3v) is 4.78. The van der Waals surface area contributed by atoms with Gasteiger partial charge in [0.25, 0.3) is 0 Å². The van der Waals surface area contributed by atoms with Crippen molar-refractivity contribution in [2.75, 3.05) is 31.5 Å². The molecule has 1 atom stereocenters. The van der Waals surface area contributed by atoms with Crippen molar-refractivity contribution >= 4 is 41.5 Å². The van der Waals surface area contributed by atoms with Crippen LogP contribution in [0, 0.1) is 12.3 Å². The van der Waals surface area contributed by atoms with Crippen LogP contribution in [0.3, 0.4) is 0 Å². The molecule has 0 aliphatic carbocycles. The number of carbonyl (C=O) groups is 1. The van der Waals surface area contributed by atoms with Gasteiger partial charge in [-0.3, -0.25) is 4.79 Å². The molecule has 2 N–H and O–H groups in total. The van der Waals surface area contributed by atoms with Crippen LogP contribution in [0.2, 0.25) is 0 Å². The maximum atomic E-state index is 12.3. The van der Waals surface area contributed by atoms with E-state index in [0.29, 0.717) is 11.6 Å². The van der Waals surface area contributed by atoms with Crippen molar-refractivity contribution in [3.8, 4) is 12.3 Å². The van der Waals surface area contributed by atoms with Gasteiger partial charge in [0.15, 0.2) is 5.96 Å². The Labute approximate surface area is 190 Å². The van der Waals surface area contributed by atoms with Crippen LogP contribution in [0.4, 0.5) is 5.69 Å². The van der Waals surface area contributed by atoms with Gasteiger partial charge in [0.05, 0.1) is 0 Å². The van der Waals surface area contributed by atoms with E-state index >= 15 is 0 Å². The maximum absolute atomic E-state index is 12.3. The topological polar surface area (TPSA) is 56.7 Å². The molecule has 5 nitrogen and oxygen atoms in total. The van der Waals surface area contributed by atoms with Crippen LogP contribution >= 0.6 is 24.0 Å². The predicted molar refractivity (Wildman–Crippen MR) is 130 cm³/mol. The minimum Gasteiger partial charge on any atom is -0.357 e. The summed E-state index contributed by atoms with van der Waals surface area (Å²) in [5, 5.41) is 6.15. The number of benzene rings is 2. The molecule has 0 radical (unpaired) electrons. The average molecular weight is 502 g/mol. The summed E-state index contributed by atoms with van der Waals surface area (Å²) in [6.07, 6.45) is 6.49. The molecule has 6 heteroatoms. The van der Waals surface area contributed by atoms with Crippen LogP contribution < -0.4 is 10.6 Å². The number of likely N-dealkylation sites (tertiary alicyclic amines) is 1. The molecule has 0 aromatic heterocycles. The van der Waals surface area contributed by atoms with Crippen LogP contribution in [0.1, 0.15) is 30.4 Å². The zero-order valence-corrected chi connectivity index (χ0v) is 18.9. The number of halogens is 1. The van der Waals surface area contributed by atoms with E-state index in [-0.39, 0.29) is 36.4 Å². The molecule has 1 fully saturated rings. The molecule has 1 amide bonds. The second kappa shape index (κ2) is 11.5. The van der Waals surface area contributed by atoms with Gasteiger partial charge >= 0.3 is 0 Å².